The Hall–Kier alpha value is -3.36. The van der Waals surface area contributed by atoms with Crippen LogP contribution in [0.5, 0.6) is 0 Å². The van der Waals surface area contributed by atoms with Gasteiger partial charge >= 0.3 is 29.9 Å². The molecule has 2 rings (SSSR count). The number of carbonyl (C=O) groups is 3. The van der Waals surface area contributed by atoms with Crippen molar-refractivity contribution in [2.24, 2.45) is 0 Å². The zero-order valence-electron chi connectivity index (χ0n) is 31.0. The lowest BCUT2D eigenvalue weighted by Gasteiger charge is -2.37. The Bertz CT molecular complexity index is 1480. The number of carbonyl (C=O) groups excluding carboxylic acids is 3. The molecule has 4 unspecified atom stereocenters. The first-order chi connectivity index (χ1) is 25.2. The Morgan fingerprint density at radius 1 is 0.963 bits per heavy atom. The Morgan fingerprint density at radius 3 is 1.98 bits per heavy atom. The van der Waals surface area contributed by atoms with Crippen molar-refractivity contribution in [2.75, 3.05) is 45.9 Å². The maximum Gasteiger partial charge on any atom is 0.471 e. The molecule has 2 heterocycles. The van der Waals surface area contributed by atoms with Gasteiger partial charge in [0.25, 0.3) is 14.1 Å². The van der Waals surface area contributed by atoms with E-state index in [9.17, 15) is 50.3 Å². The first-order valence-corrected chi connectivity index (χ1v) is 18.6. The molecule has 0 aromatic carbocycles. The molecular formula is C32H50F6N7O8P. The SMILES string of the molecule is CCCOP(OC1CC(n2cc(/C=C/C(=O)NCCN(CCNC(=O)C(F)(F)F)CCNC(=O)C(F)(F)F)c(=O)[nH]c2=O)OC1CC)N(C(C)C)C(C)C. The highest BCUT2D eigenvalue weighted by Crippen LogP contribution is 2.50. The van der Waals surface area contributed by atoms with Gasteiger partial charge < -0.3 is 29.7 Å². The summed E-state index contributed by atoms with van der Waals surface area (Å²) in [6, 6.07) is 0.250. The molecule has 4 atom stereocenters. The van der Waals surface area contributed by atoms with Gasteiger partial charge in [-0.05, 0) is 46.6 Å². The molecule has 4 N–H and O–H groups in total. The quantitative estimate of drug-likeness (QED) is 0.0821. The van der Waals surface area contributed by atoms with Crippen LogP contribution in [0.3, 0.4) is 0 Å². The number of halogens is 6. The first kappa shape index (κ1) is 46.8. The van der Waals surface area contributed by atoms with Gasteiger partial charge in [0.1, 0.15) is 6.23 Å². The minimum Gasteiger partial charge on any atom is -0.352 e. The molecule has 0 aliphatic carbocycles. The van der Waals surface area contributed by atoms with Gasteiger partial charge in [0.2, 0.25) is 5.91 Å². The van der Waals surface area contributed by atoms with E-state index >= 15 is 0 Å². The number of alkyl halides is 6. The molecule has 3 amide bonds. The predicted molar refractivity (Wildman–Crippen MR) is 187 cm³/mol. The molecule has 1 saturated heterocycles. The normalized spacial score (nSPS) is 18.6. The van der Waals surface area contributed by atoms with E-state index in [1.807, 2.05) is 41.5 Å². The molecule has 1 fully saturated rings. The fraction of sp³-hybridized carbons (Fsp3) is 0.719. The second kappa shape index (κ2) is 21.7. The molecule has 22 heteroatoms. The van der Waals surface area contributed by atoms with Crippen molar-refractivity contribution < 1.29 is 54.5 Å². The number of hydrogen-bond acceptors (Lipinski definition) is 10. The number of nitrogens with zero attached hydrogens (tertiary/aromatic N) is 3. The molecule has 0 radical (unpaired) electrons. The highest BCUT2D eigenvalue weighted by atomic mass is 31.2. The summed E-state index contributed by atoms with van der Waals surface area (Å²) in [4.78, 5) is 63.8. The molecule has 1 aliphatic heterocycles. The third-order valence-corrected chi connectivity index (χ3v) is 10.0. The number of rotatable bonds is 21. The summed E-state index contributed by atoms with van der Waals surface area (Å²) in [5.74, 6) is -5.15. The predicted octanol–water partition coefficient (Wildman–Crippen LogP) is 3.18. The van der Waals surface area contributed by atoms with Gasteiger partial charge in [-0.1, -0.05) is 13.8 Å². The van der Waals surface area contributed by atoms with Crippen LogP contribution in [0.4, 0.5) is 26.3 Å². The van der Waals surface area contributed by atoms with Crippen molar-refractivity contribution in [3.8, 4) is 0 Å². The molecule has 1 aromatic heterocycles. The van der Waals surface area contributed by atoms with E-state index in [0.717, 1.165) is 18.6 Å². The Labute approximate surface area is 310 Å². The topological polar surface area (TPSA) is 176 Å². The lowest BCUT2D eigenvalue weighted by atomic mass is 10.1. The number of aromatic amines is 1. The average Bonchev–Trinajstić information content (AvgIpc) is 3.47. The Kier molecular flexibility index (Phi) is 18.8. The minimum atomic E-state index is -5.14. The largest absolute Gasteiger partial charge is 0.471 e. The summed E-state index contributed by atoms with van der Waals surface area (Å²) >= 11 is 0. The van der Waals surface area contributed by atoms with Crippen molar-refractivity contribution >= 4 is 32.3 Å². The molecular weight excluding hydrogens is 755 g/mol. The van der Waals surface area contributed by atoms with Crippen LogP contribution in [-0.2, 0) is 28.2 Å². The molecule has 308 valence electrons. The maximum atomic E-state index is 12.9. The summed E-state index contributed by atoms with van der Waals surface area (Å²) < 4.78 is 97.3. The van der Waals surface area contributed by atoms with E-state index in [4.69, 9.17) is 13.8 Å². The third kappa shape index (κ3) is 15.1. The van der Waals surface area contributed by atoms with E-state index in [2.05, 4.69) is 15.0 Å². The molecule has 0 bridgehead atoms. The van der Waals surface area contributed by atoms with Crippen LogP contribution in [0.25, 0.3) is 6.08 Å². The fourth-order valence-electron chi connectivity index (χ4n) is 5.34. The Balaban J connectivity index is 2.11. The highest BCUT2D eigenvalue weighted by molar-refractivity contribution is 7.44. The first-order valence-electron chi connectivity index (χ1n) is 17.5. The molecule has 0 saturated carbocycles. The minimum absolute atomic E-state index is 0.0625. The van der Waals surface area contributed by atoms with Gasteiger partial charge in [-0.3, -0.25) is 33.6 Å². The van der Waals surface area contributed by atoms with Crippen LogP contribution in [0, 0.1) is 0 Å². The number of ether oxygens (including phenoxy) is 1. The van der Waals surface area contributed by atoms with E-state index in [1.54, 1.807) is 10.6 Å². The summed E-state index contributed by atoms with van der Waals surface area (Å²) in [7, 11) is -1.47. The molecule has 1 aliphatic rings. The zero-order valence-corrected chi connectivity index (χ0v) is 31.9. The summed E-state index contributed by atoms with van der Waals surface area (Å²) in [6.45, 7) is 10.7. The van der Waals surface area contributed by atoms with Crippen LogP contribution in [0.15, 0.2) is 21.9 Å². The van der Waals surface area contributed by atoms with Crippen molar-refractivity contribution in [3.63, 3.8) is 0 Å². The van der Waals surface area contributed by atoms with Crippen LogP contribution in [0.2, 0.25) is 0 Å². The lowest BCUT2D eigenvalue weighted by molar-refractivity contribution is -0.173. The van der Waals surface area contributed by atoms with Crippen LogP contribution in [0.1, 0.15) is 72.6 Å². The second-order valence-corrected chi connectivity index (χ2v) is 14.2. The van der Waals surface area contributed by atoms with E-state index in [-0.39, 0.29) is 50.2 Å². The van der Waals surface area contributed by atoms with Gasteiger partial charge in [0.15, 0.2) is 0 Å². The Morgan fingerprint density at radius 2 is 1.50 bits per heavy atom. The summed E-state index contributed by atoms with van der Waals surface area (Å²) in [5, 5.41) is 5.74. The summed E-state index contributed by atoms with van der Waals surface area (Å²) in [5.41, 5.74) is -1.59. The standard InChI is InChI=1S/C32H50F6N7O8P/c1-7-17-51-54(45(20(3)4)21(5)6)53-24-18-26(52-23(24)8-2)44-19-22(27(47)42-30(44)50)9-10-25(46)39-11-14-43(15-12-40-28(48)31(33,34)35)16-13-41-29(49)32(36,37)38/h9-10,19-21,23-24,26H,7-8,11-18H2,1-6H3,(H,39,46)(H,40,48)(H,41,49)(H,42,47,50)/b10-9+. The van der Waals surface area contributed by atoms with Crippen molar-refractivity contribution in [1.82, 2.24) is 35.1 Å². The monoisotopic (exact) mass is 805 g/mol. The molecule has 1 aromatic rings. The number of aromatic nitrogens is 2. The second-order valence-electron chi connectivity index (χ2n) is 12.8. The van der Waals surface area contributed by atoms with Gasteiger partial charge in [0.05, 0.1) is 24.4 Å². The molecule has 54 heavy (non-hydrogen) atoms. The van der Waals surface area contributed by atoms with Crippen LogP contribution >= 0.6 is 8.53 Å². The zero-order chi connectivity index (χ0) is 40.8. The molecule has 0 spiro atoms. The van der Waals surface area contributed by atoms with Crippen LogP contribution in [-0.4, -0.2) is 119 Å². The van der Waals surface area contributed by atoms with Gasteiger partial charge in [-0.2, -0.15) is 26.3 Å². The lowest BCUT2D eigenvalue weighted by Crippen LogP contribution is -2.46. The van der Waals surface area contributed by atoms with Crippen LogP contribution < -0.4 is 27.2 Å². The number of hydrogen-bond donors (Lipinski definition) is 4. The van der Waals surface area contributed by atoms with Gasteiger partial charge in [-0.25, -0.2) is 9.46 Å². The van der Waals surface area contributed by atoms with Crippen molar-refractivity contribution in [1.29, 1.82) is 0 Å². The van der Waals surface area contributed by atoms with E-state index < -0.39 is 81.4 Å². The average molecular weight is 806 g/mol. The van der Waals surface area contributed by atoms with Gasteiger partial charge in [0, 0.05) is 70.0 Å². The van der Waals surface area contributed by atoms with E-state index in [0.29, 0.717) is 13.0 Å². The summed E-state index contributed by atoms with van der Waals surface area (Å²) in [6.07, 6.45) is -6.90. The van der Waals surface area contributed by atoms with Gasteiger partial charge in [-0.15, -0.1) is 0 Å². The number of H-pyrrole nitrogens is 1. The van der Waals surface area contributed by atoms with E-state index in [1.165, 1.54) is 15.7 Å². The smallest absolute Gasteiger partial charge is 0.352 e. The highest BCUT2D eigenvalue weighted by Gasteiger charge is 2.41. The van der Waals surface area contributed by atoms with Crippen molar-refractivity contribution in [3.05, 3.63) is 38.7 Å². The number of amides is 3. The molecule has 15 nitrogen and oxygen atoms in total. The number of nitrogens with one attached hydrogen (secondary N) is 4. The third-order valence-electron chi connectivity index (χ3n) is 7.85. The van der Waals surface area contributed by atoms with Crippen molar-refractivity contribution in [2.45, 2.75) is 104 Å². The fourth-order valence-corrected chi connectivity index (χ4v) is 7.19. The maximum absolute atomic E-state index is 12.9.